The molecule has 8 heteroatoms. The first kappa shape index (κ1) is 19.6. The van der Waals surface area contributed by atoms with E-state index in [4.69, 9.17) is 4.74 Å². The van der Waals surface area contributed by atoms with Gasteiger partial charge in [-0.1, -0.05) is 36.4 Å². The summed E-state index contributed by atoms with van der Waals surface area (Å²) in [5, 5.41) is 6.87. The third kappa shape index (κ3) is 3.89. The van der Waals surface area contributed by atoms with Crippen LogP contribution in [0.3, 0.4) is 0 Å². The Labute approximate surface area is 173 Å². The molecule has 8 nitrogen and oxygen atoms in total. The van der Waals surface area contributed by atoms with Crippen LogP contribution in [-0.4, -0.2) is 59.3 Å². The number of carbonyl (C=O) groups is 2. The minimum absolute atomic E-state index is 0.0150. The molecule has 2 aromatic carbocycles. The van der Waals surface area contributed by atoms with Crippen molar-refractivity contribution in [3.8, 4) is 0 Å². The first-order valence-corrected chi connectivity index (χ1v) is 9.82. The second-order valence-corrected chi connectivity index (χ2v) is 7.14. The largest absolute Gasteiger partial charge is 0.448 e. The summed E-state index contributed by atoms with van der Waals surface area (Å²) in [6.07, 6.45) is -0.951. The number of amides is 1. The van der Waals surface area contributed by atoms with E-state index in [-0.39, 0.29) is 17.2 Å². The van der Waals surface area contributed by atoms with Crippen molar-refractivity contribution in [2.75, 3.05) is 31.1 Å². The van der Waals surface area contributed by atoms with Crippen LogP contribution in [0, 0.1) is 0 Å². The average molecular weight is 406 g/mol. The fourth-order valence-corrected chi connectivity index (χ4v) is 3.62. The molecule has 0 spiro atoms. The topological polar surface area (TPSA) is 95.6 Å². The van der Waals surface area contributed by atoms with Crippen molar-refractivity contribution in [2.24, 2.45) is 0 Å². The molecule has 1 amide bonds. The molecule has 0 bridgehead atoms. The standard InChI is InChI=1S/C22H22N4O4/c1-15(21(28)26-13-11-25(12-14-26)16-7-3-2-4-8-16)30-22(29)19-17-9-5-6-10-18(17)20(27)24-23-19/h2-10,15H,11-14H2,1H3,(H,24,27)/t15-/m1/s1. The fourth-order valence-electron chi connectivity index (χ4n) is 3.62. The molecule has 1 saturated heterocycles. The molecule has 1 fully saturated rings. The number of anilines is 1. The van der Waals surface area contributed by atoms with Gasteiger partial charge < -0.3 is 14.5 Å². The van der Waals surface area contributed by atoms with Gasteiger partial charge in [-0.2, -0.15) is 5.10 Å². The fraction of sp³-hybridized carbons (Fsp3) is 0.273. The van der Waals surface area contributed by atoms with Crippen molar-refractivity contribution in [1.82, 2.24) is 15.1 Å². The predicted molar refractivity (Wildman–Crippen MR) is 112 cm³/mol. The Bertz CT molecular complexity index is 1120. The van der Waals surface area contributed by atoms with Crippen LogP contribution < -0.4 is 10.5 Å². The molecule has 30 heavy (non-hydrogen) atoms. The molecule has 3 aromatic rings. The second-order valence-electron chi connectivity index (χ2n) is 7.14. The van der Waals surface area contributed by atoms with Gasteiger partial charge in [-0.25, -0.2) is 9.89 Å². The first-order valence-electron chi connectivity index (χ1n) is 9.82. The van der Waals surface area contributed by atoms with Crippen molar-refractivity contribution >= 4 is 28.3 Å². The zero-order chi connectivity index (χ0) is 21.1. The van der Waals surface area contributed by atoms with Gasteiger partial charge in [0, 0.05) is 37.3 Å². The van der Waals surface area contributed by atoms with Crippen LogP contribution >= 0.6 is 0 Å². The van der Waals surface area contributed by atoms with E-state index in [1.807, 2.05) is 30.3 Å². The number of benzene rings is 2. The molecule has 1 aliphatic rings. The SMILES string of the molecule is C[C@@H](OC(=O)c1n[nH]c(=O)c2ccccc12)C(=O)N1CCN(c2ccccc2)CC1. The number of rotatable bonds is 4. The summed E-state index contributed by atoms with van der Waals surface area (Å²) >= 11 is 0. The zero-order valence-electron chi connectivity index (χ0n) is 16.6. The summed E-state index contributed by atoms with van der Waals surface area (Å²) in [4.78, 5) is 41.2. The van der Waals surface area contributed by atoms with Gasteiger partial charge in [0.1, 0.15) is 0 Å². The van der Waals surface area contributed by atoms with E-state index in [9.17, 15) is 14.4 Å². The number of hydrogen-bond donors (Lipinski definition) is 1. The van der Waals surface area contributed by atoms with Gasteiger partial charge in [-0.05, 0) is 25.1 Å². The highest BCUT2D eigenvalue weighted by atomic mass is 16.5. The number of nitrogens with zero attached hydrogens (tertiary/aromatic N) is 3. The maximum Gasteiger partial charge on any atom is 0.360 e. The lowest BCUT2D eigenvalue weighted by molar-refractivity contribution is -0.140. The first-order chi connectivity index (χ1) is 14.5. The van der Waals surface area contributed by atoms with E-state index < -0.39 is 12.1 Å². The number of hydrogen-bond acceptors (Lipinski definition) is 6. The highest BCUT2D eigenvalue weighted by Gasteiger charge is 2.28. The Balaban J connectivity index is 1.40. The number of aromatic nitrogens is 2. The Morgan fingerprint density at radius 2 is 1.60 bits per heavy atom. The maximum absolute atomic E-state index is 12.8. The van der Waals surface area contributed by atoms with E-state index in [1.54, 1.807) is 36.1 Å². The summed E-state index contributed by atoms with van der Waals surface area (Å²) < 4.78 is 5.38. The number of fused-ring (bicyclic) bond motifs is 1. The van der Waals surface area contributed by atoms with Crippen LogP contribution in [0.4, 0.5) is 5.69 Å². The molecule has 0 unspecified atom stereocenters. The van der Waals surface area contributed by atoms with Crippen molar-refractivity contribution in [2.45, 2.75) is 13.0 Å². The van der Waals surface area contributed by atoms with Gasteiger partial charge in [-0.3, -0.25) is 9.59 Å². The molecule has 4 rings (SSSR count). The maximum atomic E-state index is 12.8. The molecular formula is C22H22N4O4. The van der Waals surface area contributed by atoms with Gasteiger partial charge in [0.2, 0.25) is 0 Å². The number of ether oxygens (including phenoxy) is 1. The Kier molecular flexibility index (Phi) is 5.47. The van der Waals surface area contributed by atoms with Crippen LogP contribution in [0.2, 0.25) is 0 Å². The van der Waals surface area contributed by atoms with Gasteiger partial charge in [0.15, 0.2) is 11.8 Å². The van der Waals surface area contributed by atoms with Crippen LogP contribution in [0.1, 0.15) is 17.4 Å². The van der Waals surface area contributed by atoms with Gasteiger partial charge in [0.25, 0.3) is 11.5 Å². The highest BCUT2D eigenvalue weighted by molar-refractivity contribution is 6.02. The average Bonchev–Trinajstić information content (AvgIpc) is 2.79. The van der Waals surface area contributed by atoms with E-state index in [0.29, 0.717) is 37.0 Å². The normalized spacial score (nSPS) is 15.1. The van der Waals surface area contributed by atoms with E-state index in [1.165, 1.54) is 0 Å². The summed E-state index contributed by atoms with van der Waals surface area (Å²) in [5.41, 5.74) is 0.724. The number of piperazine rings is 1. The predicted octanol–water partition coefficient (Wildman–Crippen LogP) is 1.82. The Morgan fingerprint density at radius 1 is 0.967 bits per heavy atom. The van der Waals surface area contributed by atoms with Crippen molar-refractivity contribution < 1.29 is 14.3 Å². The third-order valence-electron chi connectivity index (χ3n) is 5.23. The van der Waals surface area contributed by atoms with Crippen LogP contribution in [0.25, 0.3) is 10.8 Å². The minimum Gasteiger partial charge on any atom is -0.448 e. The summed E-state index contributed by atoms with van der Waals surface area (Å²) in [6.45, 7) is 4.08. The summed E-state index contributed by atoms with van der Waals surface area (Å²) in [5.74, 6) is -0.990. The van der Waals surface area contributed by atoms with Crippen molar-refractivity contribution in [1.29, 1.82) is 0 Å². The summed E-state index contributed by atoms with van der Waals surface area (Å²) in [7, 11) is 0. The monoisotopic (exact) mass is 406 g/mol. The summed E-state index contributed by atoms with van der Waals surface area (Å²) in [6, 6.07) is 16.7. The molecule has 2 heterocycles. The number of esters is 1. The molecule has 154 valence electrons. The quantitative estimate of drug-likeness (QED) is 0.664. The van der Waals surface area contributed by atoms with Crippen LogP contribution in [-0.2, 0) is 9.53 Å². The number of nitrogens with one attached hydrogen (secondary N) is 1. The number of para-hydroxylation sites is 1. The number of carbonyl (C=O) groups excluding carboxylic acids is 2. The lowest BCUT2D eigenvalue weighted by Crippen LogP contribution is -2.51. The smallest absolute Gasteiger partial charge is 0.360 e. The molecule has 0 aliphatic carbocycles. The van der Waals surface area contributed by atoms with E-state index in [2.05, 4.69) is 15.1 Å². The Hall–Kier alpha value is -3.68. The van der Waals surface area contributed by atoms with Crippen molar-refractivity contribution in [3.63, 3.8) is 0 Å². The Morgan fingerprint density at radius 3 is 2.30 bits per heavy atom. The van der Waals surface area contributed by atoms with Crippen molar-refractivity contribution in [3.05, 3.63) is 70.6 Å². The number of H-pyrrole nitrogens is 1. The lowest BCUT2D eigenvalue weighted by atomic mass is 10.1. The van der Waals surface area contributed by atoms with Gasteiger partial charge in [0.05, 0.1) is 5.39 Å². The molecule has 1 N–H and O–H groups in total. The molecule has 1 atom stereocenters. The molecule has 1 aromatic heterocycles. The minimum atomic E-state index is -0.951. The molecule has 0 radical (unpaired) electrons. The molecular weight excluding hydrogens is 384 g/mol. The van der Waals surface area contributed by atoms with E-state index >= 15 is 0 Å². The van der Waals surface area contributed by atoms with Crippen LogP contribution in [0.15, 0.2) is 59.4 Å². The van der Waals surface area contributed by atoms with Gasteiger partial charge >= 0.3 is 5.97 Å². The van der Waals surface area contributed by atoms with E-state index in [0.717, 1.165) is 5.69 Å². The van der Waals surface area contributed by atoms with Crippen LogP contribution in [0.5, 0.6) is 0 Å². The number of aromatic amines is 1. The zero-order valence-corrected chi connectivity index (χ0v) is 16.6. The molecule has 0 saturated carbocycles. The lowest BCUT2D eigenvalue weighted by Gasteiger charge is -2.37. The second kappa shape index (κ2) is 8.36. The third-order valence-corrected chi connectivity index (χ3v) is 5.23. The molecule has 1 aliphatic heterocycles. The highest BCUT2D eigenvalue weighted by Crippen LogP contribution is 2.17. The van der Waals surface area contributed by atoms with Gasteiger partial charge in [-0.15, -0.1) is 0 Å².